The molecule has 0 aromatic heterocycles. The Balaban J connectivity index is 2.65. The number of alkyl halides is 1. The number of sulfone groups is 1. The first-order valence-electron chi connectivity index (χ1n) is 6.18. The molecule has 4 heteroatoms. The van der Waals surface area contributed by atoms with E-state index >= 15 is 0 Å². The number of rotatable bonds is 4. The molecule has 0 radical (unpaired) electrons. The van der Waals surface area contributed by atoms with Gasteiger partial charge < -0.3 is 0 Å². The van der Waals surface area contributed by atoms with Crippen LogP contribution in [0.5, 0.6) is 0 Å². The van der Waals surface area contributed by atoms with Crippen LogP contribution in [0.25, 0.3) is 0 Å². The molecule has 1 aliphatic rings. The number of hydrogen-bond donors (Lipinski definition) is 0. The van der Waals surface area contributed by atoms with Crippen LogP contribution in [0.4, 0.5) is 0 Å². The summed E-state index contributed by atoms with van der Waals surface area (Å²) >= 11 is 6.18. The SMILES string of the molecule is CC(C)S(=O)(=O)CCC1=CC(Cl)CC(C)(C)C1. The highest BCUT2D eigenvalue weighted by Gasteiger charge is 2.28. The van der Waals surface area contributed by atoms with Gasteiger partial charge in [0.1, 0.15) is 0 Å². The molecule has 0 saturated heterocycles. The molecule has 0 saturated carbocycles. The molecule has 1 atom stereocenters. The van der Waals surface area contributed by atoms with E-state index in [1.807, 2.05) is 6.08 Å². The van der Waals surface area contributed by atoms with E-state index in [1.54, 1.807) is 13.8 Å². The van der Waals surface area contributed by atoms with Crippen LogP contribution in [0.3, 0.4) is 0 Å². The van der Waals surface area contributed by atoms with Gasteiger partial charge in [-0.25, -0.2) is 8.42 Å². The highest BCUT2D eigenvalue weighted by molar-refractivity contribution is 7.91. The second kappa shape index (κ2) is 5.31. The zero-order chi connectivity index (χ0) is 13.3. The Morgan fingerprint density at radius 2 is 2.06 bits per heavy atom. The van der Waals surface area contributed by atoms with Crippen LogP contribution in [-0.4, -0.2) is 24.8 Å². The maximum absolute atomic E-state index is 11.8. The van der Waals surface area contributed by atoms with Crippen LogP contribution in [0, 0.1) is 5.41 Å². The smallest absolute Gasteiger partial charge is 0.152 e. The molecule has 0 bridgehead atoms. The summed E-state index contributed by atoms with van der Waals surface area (Å²) in [6.07, 6.45) is 4.61. The predicted molar refractivity (Wildman–Crippen MR) is 74.3 cm³/mol. The zero-order valence-corrected chi connectivity index (χ0v) is 12.7. The van der Waals surface area contributed by atoms with E-state index < -0.39 is 9.84 Å². The first-order valence-corrected chi connectivity index (χ1v) is 8.33. The minimum Gasteiger partial charge on any atom is -0.229 e. The van der Waals surface area contributed by atoms with Crippen molar-refractivity contribution in [2.45, 2.75) is 57.6 Å². The molecule has 0 aromatic carbocycles. The minimum absolute atomic E-state index is 0.0514. The maximum Gasteiger partial charge on any atom is 0.152 e. The summed E-state index contributed by atoms with van der Waals surface area (Å²) in [5.41, 5.74) is 1.39. The third-order valence-corrected chi connectivity index (χ3v) is 5.79. The number of halogens is 1. The maximum atomic E-state index is 11.8. The van der Waals surface area contributed by atoms with Crippen LogP contribution in [0.1, 0.15) is 47.0 Å². The van der Waals surface area contributed by atoms with Crippen molar-refractivity contribution in [2.24, 2.45) is 5.41 Å². The molecule has 2 nitrogen and oxygen atoms in total. The lowest BCUT2D eigenvalue weighted by atomic mass is 9.76. The van der Waals surface area contributed by atoms with Gasteiger partial charge in [0.2, 0.25) is 0 Å². The Morgan fingerprint density at radius 3 is 2.53 bits per heavy atom. The van der Waals surface area contributed by atoms with Crippen molar-refractivity contribution < 1.29 is 8.42 Å². The van der Waals surface area contributed by atoms with Gasteiger partial charge in [-0.2, -0.15) is 0 Å². The van der Waals surface area contributed by atoms with Crippen LogP contribution < -0.4 is 0 Å². The van der Waals surface area contributed by atoms with Gasteiger partial charge in [-0.1, -0.05) is 25.5 Å². The molecule has 1 unspecified atom stereocenters. The Morgan fingerprint density at radius 1 is 1.47 bits per heavy atom. The van der Waals surface area contributed by atoms with Gasteiger partial charge >= 0.3 is 0 Å². The molecule has 17 heavy (non-hydrogen) atoms. The van der Waals surface area contributed by atoms with E-state index in [4.69, 9.17) is 11.6 Å². The normalized spacial score (nSPS) is 24.8. The van der Waals surface area contributed by atoms with E-state index in [1.165, 1.54) is 5.57 Å². The Bertz CT molecular complexity index is 394. The molecule has 0 amide bonds. The third-order valence-electron chi connectivity index (χ3n) is 3.30. The van der Waals surface area contributed by atoms with Crippen molar-refractivity contribution in [3.05, 3.63) is 11.6 Å². The highest BCUT2D eigenvalue weighted by atomic mass is 35.5. The molecule has 100 valence electrons. The lowest BCUT2D eigenvalue weighted by molar-refractivity contribution is 0.319. The van der Waals surface area contributed by atoms with E-state index in [-0.39, 0.29) is 21.8 Å². The molecule has 0 heterocycles. The predicted octanol–water partition coefficient (Wildman–Crippen LogP) is 3.55. The molecule has 0 spiro atoms. The van der Waals surface area contributed by atoms with Crippen molar-refractivity contribution in [2.75, 3.05) is 5.75 Å². The van der Waals surface area contributed by atoms with Crippen LogP contribution >= 0.6 is 11.6 Å². The molecule has 0 aromatic rings. The topological polar surface area (TPSA) is 34.1 Å². The molecule has 0 aliphatic heterocycles. The molecule has 0 N–H and O–H groups in total. The number of allylic oxidation sites excluding steroid dienone is 2. The Hall–Kier alpha value is -0.0200. The van der Waals surface area contributed by atoms with Crippen molar-refractivity contribution >= 4 is 21.4 Å². The molecule has 1 rings (SSSR count). The molecular weight excluding hydrogens is 256 g/mol. The zero-order valence-electron chi connectivity index (χ0n) is 11.2. The summed E-state index contributed by atoms with van der Waals surface area (Å²) in [4.78, 5) is 0. The van der Waals surface area contributed by atoms with Crippen molar-refractivity contribution in [3.8, 4) is 0 Å². The largest absolute Gasteiger partial charge is 0.229 e. The minimum atomic E-state index is -2.94. The van der Waals surface area contributed by atoms with Gasteiger partial charge in [-0.15, -0.1) is 11.6 Å². The van der Waals surface area contributed by atoms with Gasteiger partial charge in [-0.05, 0) is 38.5 Å². The fraction of sp³-hybridized carbons (Fsp3) is 0.846. The average Bonchev–Trinajstić information content (AvgIpc) is 2.11. The second-order valence-corrected chi connectivity index (χ2v) is 9.29. The van der Waals surface area contributed by atoms with Gasteiger partial charge in [0, 0.05) is 0 Å². The van der Waals surface area contributed by atoms with Gasteiger partial charge in [0.05, 0.1) is 16.4 Å². The van der Waals surface area contributed by atoms with Gasteiger partial charge in [-0.3, -0.25) is 0 Å². The first kappa shape index (κ1) is 15.0. The van der Waals surface area contributed by atoms with Crippen molar-refractivity contribution in [3.63, 3.8) is 0 Å². The quantitative estimate of drug-likeness (QED) is 0.582. The summed E-state index contributed by atoms with van der Waals surface area (Å²) in [5, 5.41) is -0.234. The van der Waals surface area contributed by atoms with Crippen LogP contribution in [0.2, 0.25) is 0 Å². The lowest BCUT2D eigenvalue weighted by Gasteiger charge is -2.32. The first-order chi connectivity index (χ1) is 7.62. The fourth-order valence-electron chi connectivity index (χ4n) is 2.27. The van der Waals surface area contributed by atoms with Crippen molar-refractivity contribution in [1.82, 2.24) is 0 Å². The summed E-state index contributed by atoms with van der Waals surface area (Å²) in [6.45, 7) is 7.84. The van der Waals surface area contributed by atoms with Crippen LogP contribution in [-0.2, 0) is 9.84 Å². The van der Waals surface area contributed by atoms with Crippen LogP contribution in [0.15, 0.2) is 11.6 Å². The lowest BCUT2D eigenvalue weighted by Crippen LogP contribution is -2.24. The monoisotopic (exact) mass is 278 g/mol. The molecule has 1 aliphatic carbocycles. The number of hydrogen-bond acceptors (Lipinski definition) is 2. The standard InChI is InChI=1S/C13H23ClO2S/c1-10(2)17(15,16)6-5-11-7-12(14)9-13(3,4)8-11/h7,10,12H,5-6,8-9H2,1-4H3. The van der Waals surface area contributed by atoms with Gasteiger partial charge in [0.25, 0.3) is 0 Å². The van der Waals surface area contributed by atoms with E-state index in [0.29, 0.717) is 6.42 Å². The van der Waals surface area contributed by atoms with E-state index in [0.717, 1.165) is 12.8 Å². The third kappa shape index (κ3) is 4.63. The summed E-state index contributed by atoms with van der Waals surface area (Å²) in [7, 11) is -2.94. The van der Waals surface area contributed by atoms with E-state index in [9.17, 15) is 8.42 Å². The van der Waals surface area contributed by atoms with Gasteiger partial charge in [0.15, 0.2) is 9.84 Å². The van der Waals surface area contributed by atoms with Crippen molar-refractivity contribution in [1.29, 1.82) is 0 Å². The average molecular weight is 279 g/mol. The Kier molecular flexibility index (Phi) is 4.70. The molecular formula is C13H23ClO2S. The fourth-order valence-corrected chi connectivity index (χ4v) is 3.88. The second-order valence-electron chi connectivity index (χ2n) is 6.05. The summed E-state index contributed by atoms with van der Waals surface area (Å²) in [6, 6.07) is 0. The highest BCUT2D eigenvalue weighted by Crippen LogP contribution is 2.38. The molecule has 0 fully saturated rings. The summed E-state index contributed by atoms with van der Waals surface area (Å²) in [5.74, 6) is 0.246. The summed E-state index contributed by atoms with van der Waals surface area (Å²) < 4.78 is 23.5. The Labute approximate surface area is 110 Å². The van der Waals surface area contributed by atoms with E-state index in [2.05, 4.69) is 13.8 Å².